The van der Waals surface area contributed by atoms with E-state index in [4.69, 9.17) is 9.97 Å². The first kappa shape index (κ1) is 33.0. The second kappa shape index (κ2) is 13.6. The molecule has 0 spiro atoms. The van der Waals surface area contributed by atoms with Crippen molar-refractivity contribution >= 4 is 21.8 Å². The zero-order chi connectivity index (χ0) is 36.8. The number of hydrogen-bond donors (Lipinski definition) is 0. The number of halogens is 4. The molecule has 9 aromatic rings. The number of nitrogens with zero attached hydrogens (tertiary/aromatic N) is 2. The van der Waals surface area contributed by atoms with Crippen LogP contribution in [0.3, 0.4) is 0 Å². The van der Waals surface area contributed by atoms with Crippen molar-refractivity contribution in [1.82, 2.24) is 9.97 Å². The Hall–Kier alpha value is -6.92. The van der Waals surface area contributed by atoms with Crippen LogP contribution in [0.1, 0.15) is 0 Å². The summed E-state index contributed by atoms with van der Waals surface area (Å²) in [6, 6.07) is 51.6. The average molecular weight is 709 g/mol. The highest BCUT2D eigenvalue weighted by atomic mass is 19.2. The third-order valence-corrected chi connectivity index (χ3v) is 9.79. The van der Waals surface area contributed by atoms with Crippen molar-refractivity contribution in [2.24, 2.45) is 0 Å². The van der Waals surface area contributed by atoms with Crippen LogP contribution in [-0.2, 0) is 0 Å². The van der Waals surface area contributed by atoms with Crippen LogP contribution in [0.2, 0.25) is 0 Å². The van der Waals surface area contributed by atoms with Crippen molar-refractivity contribution in [2.45, 2.75) is 0 Å². The van der Waals surface area contributed by atoms with E-state index in [9.17, 15) is 17.6 Å². The smallest absolute Gasteiger partial charge is 0.159 e. The highest BCUT2D eigenvalue weighted by molar-refractivity contribution is 6.13. The lowest BCUT2D eigenvalue weighted by molar-refractivity contribution is 0.509. The highest BCUT2D eigenvalue weighted by Crippen LogP contribution is 2.40. The molecule has 0 aliphatic rings. The van der Waals surface area contributed by atoms with Gasteiger partial charge in [0, 0.05) is 21.9 Å². The van der Waals surface area contributed by atoms with Gasteiger partial charge in [0.05, 0.1) is 22.4 Å². The first-order valence-electron chi connectivity index (χ1n) is 17.4. The lowest BCUT2D eigenvalue weighted by atomic mass is 9.92. The first-order valence-corrected chi connectivity index (χ1v) is 17.4. The van der Waals surface area contributed by atoms with E-state index in [1.807, 2.05) is 133 Å². The molecule has 258 valence electrons. The summed E-state index contributed by atoms with van der Waals surface area (Å²) in [7, 11) is 0. The molecule has 9 rings (SSSR count). The van der Waals surface area contributed by atoms with E-state index >= 15 is 0 Å². The largest absolute Gasteiger partial charge is 0.245 e. The first-order chi connectivity index (χ1) is 26.4. The summed E-state index contributed by atoms with van der Waals surface area (Å²) in [4.78, 5) is 10.1. The summed E-state index contributed by atoms with van der Waals surface area (Å²) in [5, 5.41) is 1.56. The highest BCUT2D eigenvalue weighted by Gasteiger charge is 2.19. The zero-order valence-electron chi connectivity index (χ0n) is 28.6. The minimum Gasteiger partial charge on any atom is -0.245 e. The van der Waals surface area contributed by atoms with Gasteiger partial charge >= 0.3 is 0 Å². The topological polar surface area (TPSA) is 25.8 Å². The number of rotatable bonds is 6. The van der Waals surface area contributed by atoms with Crippen LogP contribution >= 0.6 is 0 Å². The van der Waals surface area contributed by atoms with Gasteiger partial charge in [-0.1, -0.05) is 121 Å². The van der Waals surface area contributed by atoms with Crippen LogP contribution in [0.4, 0.5) is 17.6 Å². The molecule has 2 heterocycles. The fourth-order valence-electron chi connectivity index (χ4n) is 7.01. The maximum absolute atomic E-state index is 14.7. The van der Waals surface area contributed by atoms with Crippen LogP contribution in [-0.4, -0.2) is 9.97 Å². The van der Waals surface area contributed by atoms with Gasteiger partial charge in [0.2, 0.25) is 0 Å². The van der Waals surface area contributed by atoms with Crippen LogP contribution in [0.5, 0.6) is 0 Å². The molecule has 0 atom stereocenters. The standard InChI is InChI=1S/C48H28F4N2/c49-41-23-19-35(25-43(41)51)45-27-39(33-15-11-31(12-16-33)29-7-3-1-4-8-29)37-21-22-38-40(34-17-13-32(14-18-34)30-9-5-2-6-10-30)28-46(54-48(38)47(37)53-45)36-20-24-42(50)44(52)26-36/h1-28H. The van der Waals surface area contributed by atoms with Gasteiger partial charge in [0.25, 0.3) is 0 Å². The lowest BCUT2D eigenvalue weighted by Crippen LogP contribution is -1.97. The number of aromatic nitrogens is 2. The van der Waals surface area contributed by atoms with Crippen molar-refractivity contribution in [1.29, 1.82) is 0 Å². The van der Waals surface area contributed by atoms with E-state index in [0.29, 0.717) is 33.5 Å². The molecule has 0 aliphatic carbocycles. The normalized spacial score (nSPS) is 11.3. The third-order valence-electron chi connectivity index (χ3n) is 9.79. The maximum Gasteiger partial charge on any atom is 0.159 e. The summed E-state index contributed by atoms with van der Waals surface area (Å²) in [6.07, 6.45) is 0. The Kier molecular flexibility index (Phi) is 8.28. The Labute approximate surface area is 308 Å². The summed E-state index contributed by atoms with van der Waals surface area (Å²) in [5.74, 6) is -3.88. The molecule has 0 aliphatic heterocycles. The summed E-state index contributed by atoms with van der Waals surface area (Å²) in [5.41, 5.74) is 10.3. The minimum absolute atomic E-state index is 0.392. The average Bonchev–Trinajstić information content (AvgIpc) is 3.22. The second-order valence-corrected chi connectivity index (χ2v) is 13.1. The van der Waals surface area contributed by atoms with E-state index in [1.165, 1.54) is 12.1 Å². The molecule has 6 heteroatoms. The molecule has 2 nitrogen and oxygen atoms in total. The Morgan fingerprint density at radius 1 is 0.278 bits per heavy atom. The second-order valence-electron chi connectivity index (χ2n) is 13.1. The van der Waals surface area contributed by atoms with Gasteiger partial charge in [-0.15, -0.1) is 0 Å². The minimum atomic E-state index is -0.985. The Balaban J connectivity index is 1.31. The van der Waals surface area contributed by atoms with Crippen LogP contribution in [0.25, 0.3) is 88.8 Å². The van der Waals surface area contributed by atoms with Gasteiger partial charge in [0.1, 0.15) is 0 Å². The molecule has 0 N–H and O–H groups in total. The molecule has 0 fully saturated rings. The number of fused-ring (bicyclic) bond motifs is 3. The van der Waals surface area contributed by atoms with Crippen molar-refractivity contribution in [3.8, 4) is 67.0 Å². The summed E-state index contributed by atoms with van der Waals surface area (Å²) in [6.45, 7) is 0. The molecule has 0 saturated carbocycles. The van der Waals surface area contributed by atoms with E-state index in [1.54, 1.807) is 0 Å². The van der Waals surface area contributed by atoms with Gasteiger partial charge in [0.15, 0.2) is 23.3 Å². The van der Waals surface area contributed by atoms with Gasteiger partial charge < -0.3 is 0 Å². The predicted molar refractivity (Wildman–Crippen MR) is 209 cm³/mol. The maximum atomic E-state index is 14.7. The van der Waals surface area contributed by atoms with Gasteiger partial charge in [-0.25, -0.2) is 27.5 Å². The Morgan fingerprint density at radius 3 is 0.981 bits per heavy atom. The number of hydrogen-bond acceptors (Lipinski definition) is 2. The van der Waals surface area contributed by atoms with E-state index in [2.05, 4.69) is 0 Å². The molecule has 0 saturated heterocycles. The van der Waals surface area contributed by atoms with Crippen molar-refractivity contribution in [3.63, 3.8) is 0 Å². The Bertz CT molecular complexity index is 2640. The molecular formula is C48H28F4N2. The monoisotopic (exact) mass is 708 g/mol. The molecule has 0 radical (unpaired) electrons. The Morgan fingerprint density at radius 2 is 0.611 bits per heavy atom. The molecule has 0 bridgehead atoms. The van der Waals surface area contributed by atoms with Crippen molar-refractivity contribution in [2.75, 3.05) is 0 Å². The summed E-state index contributed by atoms with van der Waals surface area (Å²) >= 11 is 0. The van der Waals surface area contributed by atoms with E-state index in [-0.39, 0.29) is 0 Å². The predicted octanol–water partition coefficient (Wildman–Crippen LogP) is 13.3. The molecular weight excluding hydrogens is 681 g/mol. The lowest BCUT2D eigenvalue weighted by Gasteiger charge is -2.16. The van der Waals surface area contributed by atoms with Crippen LogP contribution in [0.15, 0.2) is 170 Å². The van der Waals surface area contributed by atoms with Gasteiger partial charge in [-0.05, 0) is 93.0 Å². The third kappa shape index (κ3) is 6.07. The number of pyridine rings is 2. The van der Waals surface area contributed by atoms with E-state index < -0.39 is 23.3 Å². The van der Waals surface area contributed by atoms with Gasteiger partial charge in [-0.3, -0.25) is 0 Å². The SMILES string of the molecule is Fc1ccc(-c2cc(-c3ccc(-c4ccccc4)cc3)c3ccc4c(-c5ccc(-c6ccccc6)cc5)cc(-c5ccc(F)c(F)c5)nc4c3n2)cc1F. The zero-order valence-corrected chi connectivity index (χ0v) is 28.6. The molecule has 0 amide bonds. The molecule has 7 aromatic carbocycles. The van der Waals surface area contributed by atoms with Gasteiger partial charge in [-0.2, -0.15) is 0 Å². The summed E-state index contributed by atoms with van der Waals surface area (Å²) < 4.78 is 57.6. The molecule has 2 aromatic heterocycles. The van der Waals surface area contributed by atoms with Crippen LogP contribution in [0, 0.1) is 23.3 Å². The van der Waals surface area contributed by atoms with Crippen LogP contribution < -0.4 is 0 Å². The van der Waals surface area contributed by atoms with E-state index in [0.717, 1.165) is 79.5 Å². The fourth-order valence-corrected chi connectivity index (χ4v) is 7.01. The van der Waals surface area contributed by atoms with Crippen molar-refractivity contribution < 1.29 is 17.6 Å². The molecule has 0 unspecified atom stereocenters. The molecule has 54 heavy (non-hydrogen) atoms. The van der Waals surface area contributed by atoms with Crippen molar-refractivity contribution in [3.05, 3.63) is 193 Å². The fraction of sp³-hybridized carbons (Fsp3) is 0. The quantitative estimate of drug-likeness (QED) is 0.127. The number of benzene rings is 7.